The number of aliphatic imine (C=N–C) groups is 1. The molecule has 10 heteroatoms. The molecule has 3 rings (SSSR count). The molecule has 0 atom stereocenters. The Balaban J connectivity index is 2.13. The molecule has 2 aromatic heterocycles. The summed E-state index contributed by atoms with van der Waals surface area (Å²) < 4.78 is 1.54. The molecule has 0 unspecified atom stereocenters. The van der Waals surface area contributed by atoms with E-state index in [1.54, 1.807) is 30.5 Å². The summed E-state index contributed by atoms with van der Waals surface area (Å²) in [6.45, 7) is 3.48. The molecule has 0 saturated carbocycles. The van der Waals surface area contributed by atoms with Gasteiger partial charge in [-0.15, -0.1) is 0 Å². The smallest absolute Gasteiger partial charge is 0.142 e. The molecule has 0 amide bonds. The van der Waals surface area contributed by atoms with Crippen molar-refractivity contribution in [3.05, 3.63) is 69.7 Å². The molecule has 0 spiro atoms. The van der Waals surface area contributed by atoms with E-state index in [9.17, 15) is 5.11 Å². The Hall–Kier alpha value is -2.58. The van der Waals surface area contributed by atoms with Gasteiger partial charge in [0, 0.05) is 6.20 Å². The molecule has 3 aromatic rings. The number of anilines is 1. The lowest BCUT2D eigenvalue weighted by Crippen LogP contribution is -2.03. The predicted molar refractivity (Wildman–Crippen MR) is 115 cm³/mol. The molecule has 0 fully saturated rings. The van der Waals surface area contributed by atoms with Gasteiger partial charge in [0.15, 0.2) is 0 Å². The highest BCUT2D eigenvalue weighted by atomic mass is 35.5. The number of rotatable bonds is 6. The summed E-state index contributed by atoms with van der Waals surface area (Å²) in [4.78, 5) is 8.32. The molecule has 0 saturated heterocycles. The maximum Gasteiger partial charge on any atom is 0.142 e. The van der Waals surface area contributed by atoms with Gasteiger partial charge in [0.2, 0.25) is 0 Å². The van der Waals surface area contributed by atoms with Gasteiger partial charge in [0.25, 0.3) is 0 Å². The Labute approximate surface area is 175 Å². The lowest BCUT2D eigenvalue weighted by atomic mass is 10.3. The van der Waals surface area contributed by atoms with Crippen molar-refractivity contribution < 1.29 is 5.11 Å². The van der Waals surface area contributed by atoms with Gasteiger partial charge >= 0.3 is 0 Å². The normalized spacial score (nSPS) is 12.1. The van der Waals surface area contributed by atoms with Gasteiger partial charge < -0.3 is 16.2 Å². The van der Waals surface area contributed by atoms with Gasteiger partial charge in [0.05, 0.1) is 39.6 Å². The number of aliphatic hydroxyl groups excluding tert-OH is 1. The summed E-state index contributed by atoms with van der Waals surface area (Å²) in [5.74, 6) is 0.762. The number of halogens is 3. The molecule has 0 bridgehead atoms. The van der Waals surface area contributed by atoms with Crippen LogP contribution in [-0.4, -0.2) is 32.8 Å². The zero-order chi connectivity index (χ0) is 20.3. The molecule has 28 heavy (non-hydrogen) atoms. The molecule has 0 aliphatic heterocycles. The Morgan fingerprint density at radius 1 is 1.29 bits per heavy atom. The maximum atomic E-state index is 9.18. The summed E-state index contributed by atoms with van der Waals surface area (Å²) in [7, 11) is 0. The van der Waals surface area contributed by atoms with Crippen LogP contribution < -0.4 is 11.1 Å². The highest BCUT2D eigenvalue weighted by molar-refractivity contribution is 6.38. The number of benzene rings is 1. The van der Waals surface area contributed by atoms with E-state index in [0.717, 1.165) is 6.34 Å². The predicted octanol–water partition coefficient (Wildman–Crippen LogP) is 4.17. The summed E-state index contributed by atoms with van der Waals surface area (Å²) in [5, 5.41) is 18.5. The van der Waals surface area contributed by atoms with Crippen molar-refractivity contribution in [2.75, 3.05) is 11.9 Å². The van der Waals surface area contributed by atoms with Crippen LogP contribution in [-0.2, 0) is 0 Å². The lowest BCUT2D eigenvalue weighted by molar-refractivity contribution is 0.335. The van der Waals surface area contributed by atoms with Crippen LogP contribution >= 0.6 is 34.8 Å². The largest absolute Gasteiger partial charge is 0.392 e. The number of pyridine rings is 1. The van der Waals surface area contributed by atoms with Gasteiger partial charge in [-0.05, 0) is 23.8 Å². The van der Waals surface area contributed by atoms with Crippen LogP contribution in [0.3, 0.4) is 0 Å². The summed E-state index contributed by atoms with van der Waals surface area (Å²) >= 11 is 18.8. The van der Waals surface area contributed by atoms with Crippen LogP contribution in [0.5, 0.6) is 0 Å². The van der Waals surface area contributed by atoms with Crippen molar-refractivity contribution in [2.45, 2.75) is 0 Å². The van der Waals surface area contributed by atoms with E-state index in [2.05, 4.69) is 27.0 Å². The fourth-order valence-corrected chi connectivity index (χ4v) is 3.20. The third-order valence-corrected chi connectivity index (χ3v) is 4.56. The van der Waals surface area contributed by atoms with Gasteiger partial charge in [-0.1, -0.05) is 47.4 Å². The fourth-order valence-electron chi connectivity index (χ4n) is 2.44. The minimum absolute atomic E-state index is 0.225. The van der Waals surface area contributed by atoms with E-state index >= 15 is 0 Å². The van der Waals surface area contributed by atoms with Crippen molar-refractivity contribution >= 4 is 57.9 Å². The number of para-hydroxylation sites is 1. The molecule has 0 aliphatic rings. The van der Waals surface area contributed by atoms with Crippen molar-refractivity contribution in [3.63, 3.8) is 0 Å². The number of nitrogens with one attached hydrogen (secondary N) is 1. The van der Waals surface area contributed by atoms with Crippen molar-refractivity contribution in [2.24, 2.45) is 10.7 Å². The highest BCUT2D eigenvalue weighted by Crippen LogP contribution is 2.33. The maximum absolute atomic E-state index is 9.18. The molecule has 7 nitrogen and oxygen atoms in total. The summed E-state index contributed by atoms with van der Waals surface area (Å²) in [6.07, 6.45) is 5.82. The minimum Gasteiger partial charge on any atom is -0.392 e. The molecule has 1 aromatic carbocycles. The van der Waals surface area contributed by atoms with E-state index in [1.165, 1.54) is 10.9 Å². The first-order valence-electron chi connectivity index (χ1n) is 7.94. The number of fused-ring (bicyclic) bond motifs is 1. The van der Waals surface area contributed by atoms with Crippen molar-refractivity contribution in [3.8, 4) is 5.69 Å². The molecule has 144 valence electrons. The van der Waals surface area contributed by atoms with Gasteiger partial charge in [0.1, 0.15) is 22.8 Å². The van der Waals surface area contributed by atoms with Crippen molar-refractivity contribution in [1.82, 2.24) is 14.8 Å². The zero-order valence-corrected chi connectivity index (χ0v) is 16.7. The molecule has 4 N–H and O–H groups in total. The number of nitrogens with zero attached hydrogens (tertiary/aromatic N) is 4. The average Bonchev–Trinajstić information content (AvgIpc) is 3.10. The standard InChI is InChI=1S/C18H15Cl3N6O/c1-10(8-28)5-15(24-9-22)25-18-11-7-27(26-16(11)14(21)6-23-18)17-12(19)3-2-4-13(17)20/h2-7,9,28H,1,8H2,(H2,22,24)(H,23,25)/b15-5+. The van der Waals surface area contributed by atoms with Crippen LogP contribution in [0.2, 0.25) is 15.1 Å². The monoisotopic (exact) mass is 436 g/mol. The van der Waals surface area contributed by atoms with Crippen molar-refractivity contribution in [1.29, 1.82) is 0 Å². The van der Waals surface area contributed by atoms with E-state index < -0.39 is 0 Å². The molecular weight excluding hydrogens is 423 g/mol. The van der Waals surface area contributed by atoms with E-state index in [0.29, 0.717) is 48.9 Å². The summed E-state index contributed by atoms with van der Waals surface area (Å²) in [6, 6.07) is 5.17. The van der Waals surface area contributed by atoms with Crippen LogP contribution in [0.15, 0.2) is 59.6 Å². The second-order valence-electron chi connectivity index (χ2n) is 5.61. The van der Waals surface area contributed by atoms with Crippen LogP contribution in [0, 0.1) is 0 Å². The number of nitrogens with two attached hydrogens (primary N) is 1. The quantitative estimate of drug-likeness (QED) is 0.305. The Kier molecular flexibility index (Phi) is 6.21. The summed E-state index contributed by atoms with van der Waals surface area (Å²) in [5.41, 5.74) is 6.85. The van der Waals surface area contributed by atoms with Gasteiger partial charge in [-0.3, -0.25) is 0 Å². The van der Waals surface area contributed by atoms with Crippen LogP contribution in [0.4, 0.5) is 5.82 Å². The molecule has 2 heterocycles. The second kappa shape index (κ2) is 8.62. The van der Waals surface area contributed by atoms with E-state index in [-0.39, 0.29) is 6.61 Å². The number of aliphatic hydroxyl groups is 1. The fraction of sp³-hybridized carbons (Fsp3) is 0.0556. The first-order valence-corrected chi connectivity index (χ1v) is 9.08. The van der Waals surface area contributed by atoms with Crippen LogP contribution in [0.25, 0.3) is 16.6 Å². The Morgan fingerprint density at radius 2 is 2.00 bits per heavy atom. The van der Waals surface area contributed by atoms with Crippen LogP contribution in [0.1, 0.15) is 0 Å². The molecule has 0 radical (unpaired) electrons. The minimum atomic E-state index is -0.225. The Bertz CT molecular complexity index is 1090. The number of aromatic nitrogens is 3. The number of hydrogen-bond acceptors (Lipinski definition) is 5. The average molecular weight is 438 g/mol. The number of hydrogen-bond donors (Lipinski definition) is 3. The van der Waals surface area contributed by atoms with Gasteiger partial charge in [-0.25, -0.2) is 14.7 Å². The highest BCUT2D eigenvalue weighted by Gasteiger charge is 2.16. The SMILES string of the molecule is C=C(/C=C(\N=C/N)Nc1ncc(Cl)c2nn(-c3c(Cl)cccc3Cl)cc12)CO. The Morgan fingerprint density at radius 3 is 2.64 bits per heavy atom. The molecule has 0 aliphatic carbocycles. The van der Waals surface area contributed by atoms with E-state index in [4.69, 9.17) is 40.5 Å². The lowest BCUT2D eigenvalue weighted by Gasteiger charge is -2.07. The topological polar surface area (TPSA) is 101 Å². The van der Waals surface area contributed by atoms with E-state index in [1.807, 2.05) is 0 Å². The first kappa shape index (κ1) is 20.2. The van der Waals surface area contributed by atoms with Gasteiger partial charge in [-0.2, -0.15) is 5.10 Å². The zero-order valence-electron chi connectivity index (χ0n) is 14.4. The third kappa shape index (κ3) is 4.13. The first-order chi connectivity index (χ1) is 13.4. The molecular formula is C18H15Cl3N6O. The third-order valence-electron chi connectivity index (χ3n) is 3.67. The second-order valence-corrected chi connectivity index (χ2v) is 6.83.